The molecule has 9 rings (SSSR count). The van der Waals surface area contributed by atoms with Crippen molar-refractivity contribution in [3.8, 4) is 45.6 Å². The molecular formula is C32H18MnN8+3. The summed E-state index contributed by atoms with van der Waals surface area (Å²) >= 11 is 0. The predicted molar refractivity (Wildman–Crippen MR) is 156 cm³/mol. The zero-order valence-electron chi connectivity index (χ0n) is 21.3. The number of benzene rings is 4. The largest absolute Gasteiger partial charge is 3.00 e. The van der Waals surface area contributed by atoms with E-state index in [1.807, 2.05) is 97.1 Å². The summed E-state index contributed by atoms with van der Waals surface area (Å²) in [6, 6.07) is 32.2. The minimum Gasteiger partial charge on any atom is -0.324 e. The van der Waals surface area contributed by atoms with Gasteiger partial charge in [-0.2, -0.15) is 0 Å². The van der Waals surface area contributed by atoms with Crippen LogP contribution in [-0.4, -0.2) is 39.9 Å². The number of rotatable bonds is 0. The molecule has 9 heteroatoms. The van der Waals surface area contributed by atoms with E-state index in [4.69, 9.17) is 29.9 Å². The second kappa shape index (κ2) is 8.89. The molecule has 0 atom stereocenters. The van der Waals surface area contributed by atoms with Crippen molar-refractivity contribution in [2.45, 2.75) is 0 Å². The summed E-state index contributed by atoms with van der Waals surface area (Å²) in [5.41, 5.74) is 6.45. The van der Waals surface area contributed by atoms with Gasteiger partial charge in [0.05, 0.1) is 0 Å². The van der Waals surface area contributed by atoms with Crippen molar-refractivity contribution in [1.29, 1.82) is 0 Å². The second-order valence-corrected chi connectivity index (χ2v) is 9.79. The van der Waals surface area contributed by atoms with E-state index < -0.39 is 0 Å². The van der Waals surface area contributed by atoms with Crippen LogP contribution in [0.2, 0.25) is 0 Å². The summed E-state index contributed by atoms with van der Waals surface area (Å²) in [5, 5.41) is 3.82. The second-order valence-electron chi connectivity index (χ2n) is 9.79. The molecule has 0 radical (unpaired) electrons. The average molecular weight is 569 g/mol. The summed E-state index contributed by atoms with van der Waals surface area (Å²) in [5.74, 6) is 2.39. The molecule has 0 saturated heterocycles. The van der Waals surface area contributed by atoms with E-state index in [2.05, 4.69) is 9.97 Å². The van der Waals surface area contributed by atoms with Crippen molar-refractivity contribution >= 4 is 44.1 Å². The van der Waals surface area contributed by atoms with Gasteiger partial charge in [0.25, 0.3) is 0 Å². The van der Waals surface area contributed by atoms with Crippen molar-refractivity contribution in [3.05, 3.63) is 97.1 Å². The van der Waals surface area contributed by atoms with E-state index >= 15 is 0 Å². The Bertz CT molecular complexity index is 2030. The molecule has 0 aliphatic carbocycles. The molecule has 0 saturated carbocycles. The van der Waals surface area contributed by atoms with Crippen LogP contribution < -0.4 is 0 Å². The first-order valence-electron chi connectivity index (χ1n) is 13.0. The van der Waals surface area contributed by atoms with E-state index in [-0.39, 0.29) is 17.1 Å². The number of nitrogens with zero attached hydrogens (tertiary/aromatic N) is 6. The maximum Gasteiger partial charge on any atom is 3.00 e. The summed E-state index contributed by atoms with van der Waals surface area (Å²) in [4.78, 5) is 36.8. The average Bonchev–Trinajstić information content (AvgIpc) is 3.73. The molecule has 2 N–H and O–H groups in total. The fourth-order valence-corrected chi connectivity index (χ4v) is 5.59. The fraction of sp³-hybridized carbons (Fsp3) is 0. The number of fused-ring (bicyclic) bond motifs is 20. The Balaban J connectivity index is 0.00000256. The van der Waals surface area contributed by atoms with Gasteiger partial charge < -0.3 is 9.97 Å². The Morgan fingerprint density at radius 2 is 0.561 bits per heavy atom. The van der Waals surface area contributed by atoms with Gasteiger partial charge in [-0.25, -0.2) is 29.9 Å². The van der Waals surface area contributed by atoms with Gasteiger partial charge in [-0.3, -0.25) is 0 Å². The summed E-state index contributed by atoms with van der Waals surface area (Å²) in [6.07, 6.45) is 0. The molecule has 0 fully saturated rings. The van der Waals surface area contributed by atoms with Gasteiger partial charge in [0, 0.05) is 43.8 Å². The van der Waals surface area contributed by atoms with Crippen LogP contribution in [0, 0.1) is 0 Å². The summed E-state index contributed by atoms with van der Waals surface area (Å²) < 4.78 is 0. The van der Waals surface area contributed by atoms with Crippen molar-refractivity contribution in [2.75, 3.05) is 0 Å². The Kier molecular flexibility index (Phi) is 5.12. The zero-order valence-corrected chi connectivity index (χ0v) is 22.5. The first kappa shape index (κ1) is 23.6. The van der Waals surface area contributed by atoms with Crippen LogP contribution in [0.4, 0.5) is 0 Å². The first-order chi connectivity index (χ1) is 19.8. The van der Waals surface area contributed by atoms with Gasteiger partial charge in [0.1, 0.15) is 22.6 Å². The number of hydrogen-bond acceptors (Lipinski definition) is 6. The van der Waals surface area contributed by atoms with Gasteiger partial charge in [-0.1, -0.05) is 97.1 Å². The molecule has 41 heavy (non-hydrogen) atoms. The zero-order chi connectivity index (χ0) is 26.2. The van der Waals surface area contributed by atoms with E-state index in [9.17, 15) is 0 Å². The quantitative estimate of drug-likeness (QED) is 0.193. The van der Waals surface area contributed by atoms with Gasteiger partial charge in [0.2, 0.25) is 0 Å². The number of hydrogen-bond donors (Lipinski definition) is 2. The molecule has 0 spiro atoms. The van der Waals surface area contributed by atoms with Gasteiger partial charge in [0.15, 0.2) is 23.3 Å². The molecule has 4 aromatic carbocycles. The van der Waals surface area contributed by atoms with Crippen LogP contribution in [-0.2, 0) is 17.1 Å². The van der Waals surface area contributed by atoms with Crippen LogP contribution in [0.15, 0.2) is 97.1 Å². The van der Waals surface area contributed by atoms with Gasteiger partial charge in [-0.15, -0.1) is 0 Å². The van der Waals surface area contributed by atoms with Crippen LogP contribution in [0.5, 0.6) is 0 Å². The molecule has 2 aliphatic heterocycles. The maximum absolute atomic E-state index is 5.02. The standard InChI is InChI=1S/C32H18N8.Mn/c1-2-10-18-17(9-1)25-33-26(18)38-28-21-13-5-6-14-22(21)30(35-28)40-32-24-16-8-7-15-23(24)31(36-32)39-29-20-12-4-3-11-19(20)27(34-29)37-25;/h1-16H,(H2,33,34,35,36,37,38,39,40);/q;+3. The Morgan fingerprint density at radius 3 is 0.829 bits per heavy atom. The number of aromatic amines is 2. The predicted octanol–water partition coefficient (Wildman–Crippen LogP) is 6.87. The van der Waals surface area contributed by atoms with Crippen molar-refractivity contribution in [3.63, 3.8) is 0 Å². The number of nitrogens with one attached hydrogen (secondary N) is 2. The molecule has 8 nitrogen and oxygen atoms in total. The first-order valence-corrected chi connectivity index (χ1v) is 13.0. The minimum absolute atomic E-state index is 0. The Hall–Kier alpha value is -5.24. The molecular weight excluding hydrogens is 551 g/mol. The maximum atomic E-state index is 5.02. The van der Waals surface area contributed by atoms with E-state index in [0.29, 0.717) is 45.9 Å². The van der Waals surface area contributed by atoms with Crippen LogP contribution >= 0.6 is 0 Å². The molecule has 2 aliphatic rings. The van der Waals surface area contributed by atoms with E-state index in [1.54, 1.807) is 0 Å². The number of H-pyrrole nitrogens is 2. The molecule has 0 amide bonds. The van der Waals surface area contributed by atoms with Crippen molar-refractivity contribution in [1.82, 2.24) is 39.9 Å². The van der Waals surface area contributed by atoms with Gasteiger partial charge in [-0.05, 0) is 0 Å². The smallest absolute Gasteiger partial charge is 0.324 e. The van der Waals surface area contributed by atoms with Crippen molar-refractivity contribution < 1.29 is 17.1 Å². The minimum atomic E-state index is 0. The SMILES string of the molecule is [Mn+3].c1ccc2c(c1)-c1nc-2nc2[nH]c(nc3nc(nc4[nH]c(n1)c1ccccc41)-c1ccccc1-3)c1ccccc21. The van der Waals surface area contributed by atoms with Gasteiger partial charge >= 0.3 is 17.1 Å². The molecule has 0 unspecified atom stereocenters. The van der Waals surface area contributed by atoms with E-state index in [0.717, 1.165) is 43.8 Å². The Morgan fingerprint density at radius 1 is 0.317 bits per heavy atom. The van der Waals surface area contributed by atoms with E-state index in [1.165, 1.54) is 0 Å². The molecule has 5 heterocycles. The monoisotopic (exact) mass is 569 g/mol. The number of aromatic nitrogens is 8. The summed E-state index contributed by atoms with van der Waals surface area (Å²) in [6.45, 7) is 0. The summed E-state index contributed by atoms with van der Waals surface area (Å²) in [7, 11) is 0. The normalized spacial score (nSPS) is 11.7. The molecule has 190 valence electrons. The van der Waals surface area contributed by atoms with Crippen LogP contribution in [0.25, 0.3) is 89.7 Å². The van der Waals surface area contributed by atoms with Crippen LogP contribution in [0.1, 0.15) is 0 Å². The third-order valence-electron chi connectivity index (χ3n) is 7.46. The molecule has 8 bridgehead atoms. The fourth-order valence-electron chi connectivity index (χ4n) is 5.59. The molecule has 7 aromatic rings. The molecule has 3 aromatic heterocycles. The third kappa shape index (κ3) is 3.53. The third-order valence-corrected chi connectivity index (χ3v) is 7.46. The van der Waals surface area contributed by atoms with Crippen LogP contribution in [0.3, 0.4) is 0 Å². The van der Waals surface area contributed by atoms with Crippen molar-refractivity contribution in [2.24, 2.45) is 0 Å². The topological polar surface area (TPSA) is 109 Å². The Labute approximate surface area is 243 Å².